The molecule has 4 amide bonds. The second-order valence-corrected chi connectivity index (χ2v) is 13.5. The maximum atomic E-state index is 12.9. The smallest absolute Gasteiger partial charge is 0.412 e. The first-order chi connectivity index (χ1) is 25.5. The highest BCUT2D eigenvalue weighted by Crippen LogP contribution is 2.18. The average Bonchev–Trinajstić information content (AvgIpc) is 3.06. The number of azide groups is 1. The fourth-order valence-electron chi connectivity index (χ4n) is 4.28. The number of amides is 4. The van der Waals surface area contributed by atoms with Crippen molar-refractivity contribution in [2.45, 2.75) is 77.7 Å². The van der Waals surface area contributed by atoms with Crippen molar-refractivity contribution in [3.05, 3.63) is 52.9 Å². The Hall–Kier alpha value is -5.10. The van der Waals surface area contributed by atoms with Gasteiger partial charge >= 0.3 is 24.2 Å². The lowest BCUT2D eigenvalue weighted by Gasteiger charge is -2.30. The molecular formula is C35H55N7O12. The van der Waals surface area contributed by atoms with E-state index in [0.717, 1.165) is 4.90 Å². The summed E-state index contributed by atoms with van der Waals surface area (Å²) in [5.74, 6) is -1.60. The van der Waals surface area contributed by atoms with Gasteiger partial charge in [-0.3, -0.25) is 9.69 Å². The molecule has 0 unspecified atom stereocenters. The molecule has 4 N–H and O–H groups in total. The van der Waals surface area contributed by atoms with E-state index in [1.807, 2.05) is 0 Å². The van der Waals surface area contributed by atoms with Crippen molar-refractivity contribution in [2.24, 2.45) is 5.11 Å². The van der Waals surface area contributed by atoms with Gasteiger partial charge in [0.25, 0.3) is 0 Å². The molecule has 0 saturated heterocycles. The number of hydrogen-bond donors (Lipinski definition) is 4. The van der Waals surface area contributed by atoms with E-state index in [2.05, 4.69) is 32.6 Å². The summed E-state index contributed by atoms with van der Waals surface area (Å²) in [7, 11) is 0. The molecule has 1 aromatic rings. The molecule has 0 aromatic heterocycles. The largest absolute Gasteiger partial charge is 0.480 e. The minimum Gasteiger partial charge on any atom is -0.480 e. The minimum atomic E-state index is -1.25. The minimum absolute atomic E-state index is 0.00578. The van der Waals surface area contributed by atoms with Crippen LogP contribution in [0.4, 0.5) is 14.4 Å². The van der Waals surface area contributed by atoms with Gasteiger partial charge in [0.2, 0.25) is 5.91 Å². The number of alkyl carbamates (subject to hydrolysis) is 1. The van der Waals surface area contributed by atoms with Gasteiger partial charge in [0.05, 0.1) is 39.6 Å². The first kappa shape index (κ1) is 46.9. The molecule has 0 heterocycles. The topological polar surface area (TPSA) is 249 Å². The van der Waals surface area contributed by atoms with E-state index in [0.29, 0.717) is 32.0 Å². The van der Waals surface area contributed by atoms with E-state index < -0.39 is 53.4 Å². The third-order valence-electron chi connectivity index (χ3n) is 6.58. The lowest BCUT2D eigenvalue weighted by Crippen LogP contribution is -2.50. The molecule has 1 rings (SSSR count). The zero-order valence-corrected chi connectivity index (χ0v) is 32.0. The van der Waals surface area contributed by atoms with Crippen LogP contribution in [0.25, 0.3) is 10.4 Å². The molecule has 19 nitrogen and oxygen atoms in total. The second kappa shape index (κ2) is 25.0. The van der Waals surface area contributed by atoms with Crippen LogP contribution in [0.1, 0.15) is 53.5 Å². The molecule has 0 bridgehead atoms. The number of benzene rings is 1. The lowest BCUT2D eigenvalue weighted by atomic mass is 10.0. The summed E-state index contributed by atoms with van der Waals surface area (Å²) in [6.45, 7) is 15.7. The highest BCUT2D eigenvalue weighted by atomic mass is 16.6. The first-order valence-corrected chi connectivity index (χ1v) is 17.3. The van der Waals surface area contributed by atoms with Gasteiger partial charge in [-0.1, -0.05) is 23.3 Å². The molecule has 0 spiro atoms. The summed E-state index contributed by atoms with van der Waals surface area (Å²) in [6, 6.07) is 3.76. The normalized spacial score (nSPS) is 12.3. The molecule has 0 aliphatic rings. The first-order valence-electron chi connectivity index (χ1n) is 17.3. The number of carbonyl (C=O) groups is 5. The Morgan fingerprint density at radius 2 is 1.46 bits per heavy atom. The van der Waals surface area contributed by atoms with Crippen LogP contribution in [0.2, 0.25) is 0 Å². The average molecular weight is 766 g/mol. The Morgan fingerprint density at radius 1 is 0.870 bits per heavy atom. The third kappa shape index (κ3) is 22.1. The van der Waals surface area contributed by atoms with Crippen molar-refractivity contribution in [1.82, 2.24) is 20.9 Å². The summed E-state index contributed by atoms with van der Waals surface area (Å²) in [6.07, 6.45) is -1.09. The van der Waals surface area contributed by atoms with Gasteiger partial charge in [-0.25, -0.2) is 19.2 Å². The van der Waals surface area contributed by atoms with Crippen molar-refractivity contribution >= 4 is 30.2 Å². The number of carbonyl (C=O) groups excluding carboxylic acids is 4. The fourth-order valence-corrected chi connectivity index (χ4v) is 4.28. The quantitative estimate of drug-likeness (QED) is 0.0384. The Labute approximate surface area is 315 Å². The molecule has 0 radical (unpaired) electrons. The van der Waals surface area contributed by atoms with Crippen LogP contribution in [0.5, 0.6) is 5.75 Å². The lowest BCUT2D eigenvalue weighted by molar-refractivity contribution is -0.143. The summed E-state index contributed by atoms with van der Waals surface area (Å²) in [4.78, 5) is 66.5. The van der Waals surface area contributed by atoms with E-state index >= 15 is 0 Å². The number of carboxylic acid groups (broad SMARTS) is 1. The van der Waals surface area contributed by atoms with Crippen molar-refractivity contribution < 1.29 is 57.5 Å². The van der Waals surface area contributed by atoms with E-state index in [1.54, 1.807) is 53.7 Å². The number of rotatable bonds is 24. The van der Waals surface area contributed by atoms with Crippen molar-refractivity contribution in [3.63, 3.8) is 0 Å². The van der Waals surface area contributed by atoms with Crippen LogP contribution >= 0.6 is 0 Å². The third-order valence-corrected chi connectivity index (χ3v) is 6.58. The Morgan fingerprint density at radius 3 is 2.02 bits per heavy atom. The molecule has 54 heavy (non-hydrogen) atoms. The molecule has 2 atom stereocenters. The number of carboxylic acids is 1. The van der Waals surface area contributed by atoms with E-state index in [9.17, 15) is 29.1 Å². The summed E-state index contributed by atoms with van der Waals surface area (Å²) in [5, 5.41) is 21.0. The Kier molecular flexibility index (Phi) is 21.7. The zero-order chi connectivity index (χ0) is 40.6. The molecular weight excluding hydrogens is 710 g/mol. The second-order valence-electron chi connectivity index (χ2n) is 13.5. The Bertz CT molecular complexity index is 1390. The van der Waals surface area contributed by atoms with Gasteiger partial charge in [-0.05, 0) is 71.2 Å². The monoisotopic (exact) mass is 765 g/mol. The van der Waals surface area contributed by atoms with Crippen LogP contribution in [0.15, 0.2) is 42.0 Å². The highest BCUT2D eigenvalue weighted by molar-refractivity contribution is 5.85. The predicted molar refractivity (Wildman–Crippen MR) is 196 cm³/mol. The van der Waals surface area contributed by atoms with Gasteiger partial charge in [0.15, 0.2) is 0 Å². The maximum absolute atomic E-state index is 12.9. The number of aliphatic carboxylic acids is 1. The molecule has 0 aliphatic carbocycles. The van der Waals surface area contributed by atoms with E-state index in [-0.39, 0.29) is 58.0 Å². The van der Waals surface area contributed by atoms with Crippen LogP contribution in [0, 0.1) is 0 Å². The van der Waals surface area contributed by atoms with Crippen LogP contribution in [0.3, 0.4) is 0 Å². The van der Waals surface area contributed by atoms with Gasteiger partial charge < -0.3 is 49.5 Å². The molecule has 0 fully saturated rings. The van der Waals surface area contributed by atoms with Crippen molar-refractivity contribution in [1.29, 1.82) is 0 Å². The van der Waals surface area contributed by atoms with Gasteiger partial charge in [0.1, 0.15) is 29.0 Å². The summed E-state index contributed by atoms with van der Waals surface area (Å²) < 4.78 is 32.0. The SMILES string of the molecule is C=CCN(C(=O)OC(C)(C)C)[C@@H](Cc1ccc(OC(=O)NCC[C@H](NC(=O)OC(C)(C)C)C(=O)NCCOCCOCCOCCN=[N+]=[N-])cc1)C(=O)O. The van der Waals surface area contributed by atoms with Gasteiger partial charge in [0, 0.05) is 37.5 Å². The molecule has 1 aromatic carbocycles. The molecule has 0 saturated carbocycles. The maximum Gasteiger partial charge on any atom is 0.412 e. The number of ether oxygens (including phenoxy) is 6. The standard InChI is InChI=1S/C35H55N7O12/c1-8-17-42(33(48)54-35(5,6)7)28(30(44)45)24-25-9-11-26(12-10-25)52-31(46)38-14-13-27(40-32(47)53-34(2,3)4)29(43)37-15-18-49-20-22-51-23-21-50-19-16-39-41-36/h8-12,27-28H,1,13-24H2,2-7H3,(H,37,43)(H,38,46)(H,40,47)(H,44,45)/t27-,28-/m0/s1. The van der Waals surface area contributed by atoms with Gasteiger partial charge in [-0.15, -0.1) is 6.58 Å². The summed E-state index contributed by atoms with van der Waals surface area (Å²) in [5.41, 5.74) is 7.12. The molecule has 19 heteroatoms. The zero-order valence-electron chi connectivity index (χ0n) is 32.0. The van der Waals surface area contributed by atoms with Crippen molar-refractivity contribution in [3.8, 4) is 5.75 Å². The van der Waals surface area contributed by atoms with Crippen LogP contribution in [-0.4, -0.2) is 129 Å². The number of hydrogen-bond acceptors (Lipinski definition) is 12. The highest BCUT2D eigenvalue weighted by Gasteiger charge is 2.32. The fraction of sp³-hybridized carbons (Fsp3) is 0.629. The summed E-state index contributed by atoms with van der Waals surface area (Å²) >= 11 is 0. The Balaban J connectivity index is 2.65. The molecule has 302 valence electrons. The van der Waals surface area contributed by atoms with Crippen LogP contribution < -0.4 is 20.7 Å². The number of nitrogens with zero attached hydrogens (tertiary/aromatic N) is 4. The van der Waals surface area contributed by atoms with Crippen LogP contribution in [-0.2, 0) is 39.7 Å². The van der Waals surface area contributed by atoms with E-state index in [4.69, 9.17) is 34.0 Å². The van der Waals surface area contributed by atoms with Crippen molar-refractivity contribution in [2.75, 3.05) is 65.8 Å². The van der Waals surface area contributed by atoms with E-state index in [1.165, 1.54) is 18.2 Å². The molecule has 0 aliphatic heterocycles. The predicted octanol–water partition coefficient (Wildman–Crippen LogP) is 3.95. The number of nitrogens with one attached hydrogen (secondary N) is 3. The van der Waals surface area contributed by atoms with Gasteiger partial charge in [-0.2, -0.15) is 0 Å².